The molecule has 0 aliphatic rings. The van der Waals surface area contributed by atoms with E-state index < -0.39 is 17.7 Å². The molecule has 5 heteroatoms. The van der Waals surface area contributed by atoms with Crippen LogP contribution in [0.3, 0.4) is 0 Å². The van der Waals surface area contributed by atoms with Crippen molar-refractivity contribution >= 4 is 5.91 Å². The van der Waals surface area contributed by atoms with Crippen LogP contribution in [-0.4, -0.2) is 19.1 Å². The Balaban J connectivity index is 2.63. The molecule has 0 radical (unpaired) electrons. The second kappa shape index (κ2) is 6.30. The molecule has 0 spiro atoms. The zero-order valence-electron chi connectivity index (χ0n) is 9.80. The van der Waals surface area contributed by atoms with Gasteiger partial charge in [0.15, 0.2) is 0 Å². The number of nitrogens with one attached hydrogen (secondary N) is 1. The van der Waals surface area contributed by atoms with Gasteiger partial charge in [-0.2, -0.15) is 0 Å². The van der Waals surface area contributed by atoms with Crippen LogP contribution in [0.2, 0.25) is 0 Å². The van der Waals surface area contributed by atoms with Gasteiger partial charge in [0, 0.05) is 18.2 Å². The molecule has 0 heterocycles. The van der Waals surface area contributed by atoms with Gasteiger partial charge in [0.05, 0.1) is 6.04 Å². The average Bonchev–Trinajstić information content (AvgIpc) is 2.26. The van der Waals surface area contributed by atoms with E-state index in [4.69, 9.17) is 4.74 Å². The van der Waals surface area contributed by atoms with Crippen molar-refractivity contribution in [3.63, 3.8) is 0 Å². The van der Waals surface area contributed by atoms with Crippen LogP contribution < -0.4 is 5.32 Å². The summed E-state index contributed by atoms with van der Waals surface area (Å²) in [4.78, 5) is 11.3. The molecule has 1 amide bonds. The summed E-state index contributed by atoms with van der Waals surface area (Å²) >= 11 is 0. The van der Waals surface area contributed by atoms with Gasteiger partial charge in [-0.15, -0.1) is 0 Å². The summed E-state index contributed by atoms with van der Waals surface area (Å²) in [6, 6.07) is 2.74. The highest BCUT2D eigenvalue weighted by Gasteiger charge is 2.13. The molecule has 1 atom stereocenters. The van der Waals surface area contributed by atoms with Gasteiger partial charge >= 0.3 is 0 Å². The lowest BCUT2D eigenvalue weighted by Crippen LogP contribution is -2.30. The summed E-state index contributed by atoms with van der Waals surface area (Å²) in [7, 11) is 0. The Kier molecular flexibility index (Phi) is 5.03. The Morgan fingerprint density at radius 3 is 2.76 bits per heavy atom. The van der Waals surface area contributed by atoms with Gasteiger partial charge in [-0.3, -0.25) is 4.79 Å². The van der Waals surface area contributed by atoms with Crippen LogP contribution in [0, 0.1) is 11.6 Å². The fourth-order valence-corrected chi connectivity index (χ4v) is 1.41. The highest BCUT2D eigenvalue weighted by molar-refractivity contribution is 5.77. The van der Waals surface area contributed by atoms with Crippen LogP contribution in [0.25, 0.3) is 0 Å². The predicted molar refractivity (Wildman–Crippen MR) is 59.4 cm³/mol. The topological polar surface area (TPSA) is 38.3 Å². The fraction of sp³-hybridized carbons (Fsp3) is 0.417. The van der Waals surface area contributed by atoms with E-state index in [2.05, 4.69) is 5.32 Å². The summed E-state index contributed by atoms with van der Waals surface area (Å²) in [5.41, 5.74) is 0.247. The molecule has 1 N–H and O–H groups in total. The molecule has 1 aromatic carbocycles. The summed E-state index contributed by atoms with van der Waals surface area (Å²) < 4.78 is 31.0. The fourth-order valence-electron chi connectivity index (χ4n) is 1.41. The van der Waals surface area contributed by atoms with Crippen LogP contribution in [0.1, 0.15) is 25.5 Å². The van der Waals surface area contributed by atoms with Crippen molar-refractivity contribution < 1.29 is 18.3 Å². The number of carbonyl (C=O) groups excluding carboxylic acids is 1. The molecule has 3 nitrogen and oxygen atoms in total. The number of benzene rings is 1. The quantitative estimate of drug-likeness (QED) is 0.860. The Labute approximate surface area is 98.8 Å². The molecule has 1 rings (SSSR count). The molecule has 0 aromatic heterocycles. The van der Waals surface area contributed by atoms with E-state index in [0.29, 0.717) is 6.61 Å². The Bertz CT molecular complexity index is 396. The maximum atomic E-state index is 13.4. The van der Waals surface area contributed by atoms with Crippen molar-refractivity contribution in [2.75, 3.05) is 13.2 Å². The molecule has 1 aromatic rings. The number of ether oxygens (including phenoxy) is 1. The highest BCUT2D eigenvalue weighted by Crippen LogP contribution is 2.17. The lowest BCUT2D eigenvalue weighted by atomic mass is 10.1. The van der Waals surface area contributed by atoms with E-state index >= 15 is 0 Å². The summed E-state index contributed by atoms with van der Waals surface area (Å²) in [5, 5.41) is 2.56. The van der Waals surface area contributed by atoms with Gasteiger partial charge in [-0.1, -0.05) is 6.07 Å². The minimum Gasteiger partial charge on any atom is -0.372 e. The normalized spacial score (nSPS) is 12.2. The first-order chi connectivity index (χ1) is 8.04. The van der Waals surface area contributed by atoms with Crippen molar-refractivity contribution in [2.45, 2.75) is 19.9 Å². The van der Waals surface area contributed by atoms with Gasteiger partial charge < -0.3 is 10.1 Å². The van der Waals surface area contributed by atoms with E-state index in [9.17, 15) is 13.6 Å². The van der Waals surface area contributed by atoms with E-state index in [-0.39, 0.29) is 18.1 Å². The van der Waals surface area contributed by atoms with Crippen LogP contribution in [0.4, 0.5) is 8.78 Å². The van der Waals surface area contributed by atoms with Crippen molar-refractivity contribution in [3.05, 3.63) is 35.4 Å². The number of amides is 1. The second-order valence-electron chi connectivity index (χ2n) is 3.59. The van der Waals surface area contributed by atoms with Crippen LogP contribution in [0.15, 0.2) is 18.2 Å². The zero-order chi connectivity index (χ0) is 12.8. The van der Waals surface area contributed by atoms with E-state index in [1.807, 2.05) is 0 Å². The van der Waals surface area contributed by atoms with Crippen molar-refractivity contribution in [1.29, 1.82) is 0 Å². The van der Waals surface area contributed by atoms with Crippen LogP contribution in [-0.2, 0) is 9.53 Å². The summed E-state index contributed by atoms with van der Waals surface area (Å²) in [5.74, 6) is -1.64. The number of hydrogen-bond donors (Lipinski definition) is 1. The molecule has 0 bridgehead atoms. The molecule has 0 aliphatic heterocycles. The molecule has 0 saturated heterocycles. The zero-order valence-corrected chi connectivity index (χ0v) is 9.80. The number of hydrogen-bond acceptors (Lipinski definition) is 2. The third kappa shape index (κ3) is 4.11. The smallest absolute Gasteiger partial charge is 0.246 e. The maximum Gasteiger partial charge on any atom is 0.246 e. The van der Waals surface area contributed by atoms with Crippen LogP contribution in [0.5, 0.6) is 0 Å². The molecule has 0 fully saturated rings. The largest absolute Gasteiger partial charge is 0.372 e. The summed E-state index contributed by atoms with van der Waals surface area (Å²) in [6.45, 7) is 3.77. The highest BCUT2D eigenvalue weighted by atomic mass is 19.1. The molecular formula is C12H15F2NO2. The van der Waals surface area contributed by atoms with Gasteiger partial charge in [0.25, 0.3) is 0 Å². The first-order valence-corrected chi connectivity index (χ1v) is 5.36. The van der Waals surface area contributed by atoms with E-state index in [1.54, 1.807) is 13.8 Å². The second-order valence-corrected chi connectivity index (χ2v) is 3.59. The lowest BCUT2D eigenvalue weighted by Gasteiger charge is -2.15. The minimum absolute atomic E-state index is 0.0658. The Hall–Kier alpha value is -1.49. The van der Waals surface area contributed by atoms with Gasteiger partial charge in [-0.05, 0) is 19.9 Å². The predicted octanol–water partition coefficient (Wildman–Crippen LogP) is 2.18. The average molecular weight is 243 g/mol. The molecule has 0 aliphatic carbocycles. The minimum atomic E-state index is -0.672. The monoisotopic (exact) mass is 243 g/mol. The first kappa shape index (κ1) is 13.6. The number of rotatable bonds is 5. The van der Waals surface area contributed by atoms with Crippen molar-refractivity contribution in [3.8, 4) is 0 Å². The SMILES string of the molecule is CCOCC(=O)N[C@H](C)c1ccc(F)cc1F. The third-order valence-corrected chi connectivity index (χ3v) is 2.24. The Morgan fingerprint density at radius 2 is 2.18 bits per heavy atom. The van der Waals surface area contributed by atoms with Crippen LogP contribution >= 0.6 is 0 Å². The molecule has 17 heavy (non-hydrogen) atoms. The first-order valence-electron chi connectivity index (χ1n) is 5.36. The van der Waals surface area contributed by atoms with Gasteiger partial charge in [0.1, 0.15) is 18.2 Å². The standard InChI is InChI=1S/C12H15F2NO2/c1-3-17-7-12(16)15-8(2)10-5-4-9(13)6-11(10)14/h4-6,8H,3,7H2,1-2H3,(H,15,16)/t8-/m1/s1. The molecule has 94 valence electrons. The van der Waals surface area contributed by atoms with Gasteiger partial charge in [0.2, 0.25) is 5.91 Å². The van der Waals surface area contributed by atoms with E-state index in [0.717, 1.165) is 12.1 Å². The maximum absolute atomic E-state index is 13.4. The van der Waals surface area contributed by atoms with E-state index in [1.165, 1.54) is 6.07 Å². The van der Waals surface area contributed by atoms with Gasteiger partial charge in [-0.25, -0.2) is 8.78 Å². The summed E-state index contributed by atoms with van der Waals surface area (Å²) in [6.07, 6.45) is 0. The lowest BCUT2D eigenvalue weighted by molar-refractivity contribution is -0.126. The number of halogens is 2. The molecule has 0 saturated carbocycles. The number of carbonyl (C=O) groups is 1. The van der Waals surface area contributed by atoms with Crippen molar-refractivity contribution in [2.24, 2.45) is 0 Å². The molecular weight excluding hydrogens is 228 g/mol. The molecule has 0 unspecified atom stereocenters. The third-order valence-electron chi connectivity index (χ3n) is 2.24. The Morgan fingerprint density at radius 1 is 1.47 bits per heavy atom. The van der Waals surface area contributed by atoms with Crippen molar-refractivity contribution in [1.82, 2.24) is 5.32 Å².